The third-order valence-corrected chi connectivity index (χ3v) is 10.6. The highest BCUT2D eigenvalue weighted by Crippen LogP contribution is 2.43. The molecule has 0 spiro atoms. The summed E-state index contributed by atoms with van der Waals surface area (Å²) in [5, 5.41) is 5.91. The quantitative estimate of drug-likeness (QED) is 0.179. The molecule has 10 rings (SSSR count). The van der Waals surface area contributed by atoms with Crippen LogP contribution in [-0.2, 0) is 0 Å². The molecule has 1 unspecified atom stereocenters. The first-order valence-electron chi connectivity index (χ1n) is 18.7. The molecule has 0 aliphatic carbocycles. The summed E-state index contributed by atoms with van der Waals surface area (Å²) < 4.78 is 7.14. The molecule has 1 aliphatic heterocycles. The average Bonchev–Trinajstić information content (AvgIpc) is 3.67. The summed E-state index contributed by atoms with van der Waals surface area (Å²) in [4.78, 5) is 5.33. The van der Waals surface area contributed by atoms with Crippen LogP contribution in [-0.4, -0.2) is 5.84 Å². The zero-order chi connectivity index (χ0) is 36.6. The first-order chi connectivity index (χ1) is 27.3. The molecule has 0 fully saturated rings. The lowest BCUT2D eigenvalue weighted by Crippen LogP contribution is -2.31. The Bertz CT molecular complexity index is 2860. The Labute approximate surface area is 320 Å². The normalized spacial score (nSPS) is 14.0. The highest BCUT2D eigenvalue weighted by atomic mass is 16.3. The molecule has 0 radical (unpaired) electrons. The minimum absolute atomic E-state index is 0.0713. The van der Waals surface area contributed by atoms with E-state index in [9.17, 15) is 0 Å². The Kier molecular flexibility index (Phi) is 8.23. The second kappa shape index (κ2) is 14.0. The van der Waals surface area contributed by atoms with Gasteiger partial charge in [-0.05, 0) is 68.8 Å². The van der Waals surface area contributed by atoms with Gasteiger partial charge >= 0.3 is 0 Å². The van der Waals surface area contributed by atoms with E-state index in [1.165, 1.54) is 22.3 Å². The van der Waals surface area contributed by atoms with Gasteiger partial charge in [-0.3, -0.25) is 0 Å². The summed E-state index contributed by atoms with van der Waals surface area (Å²) >= 11 is 0. The van der Waals surface area contributed by atoms with Crippen molar-refractivity contribution in [3.8, 4) is 44.5 Å². The van der Waals surface area contributed by atoms with Crippen molar-refractivity contribution >= 4 is 33.5 Å². The van der Waals surface area contributed by atoms with Crippen molar-refractivity contribution in [3.63, 3.8) is 0 Å². The molecule has 55 heavy (non-hydrogen) atoms. The van der Waals surface area contributed by atoms with Gasteiger partial charge in [-0.2, -0.15) is 0 Å². The van der Waals surface area contributed by atoms with Crippen molar-refractivity contribution < 1.29 is 4.42 Å². The third kappa shape index (κ3) is 6.12. The number of amidine groups is 1. The highest BCUT2D eigenvalue weighted by molar-refractivity contribution is 6.23. The Morgan fingerprint density at radius 2 is 0.927 bits per heavy atom. The molecule has 1 aliphatic rings. The number of furan rings is 1. The molecular weight excluding hydrogens is 669 g/mol. The van der Waals surface area contributed by atoms with Gasteiger partial charge in [0.05, 0.1) is 11.7 Å². The molecule has 1 atom stereocenters. The van der Waals surface area contributed by atoms with Gasteiger partial charge in [-0.25, -0.2) is 4.99 Å². The second-order valence-electron chi connectivity index (χ2n) is 14.0. The minimum Gasteiger partial charge on any atom is -0.455 e. The lowest BCUT2D eigenvalue weighted by Gasteiger charge is -2.25. The van der Waals surface area contributed by atoms with Crippen LogP contribution < -0.4 is 5.32 Å². The smallest absolute Gasteiger partial charge is 0.144 e. The van der Waals surface area contributed by atoms with Gasteiger partial charge in [0.25, 0.3) is 0 Å². The minimum atomic E-state index is -0.0713. The van der Waals surface area contributed by atoms with E-state index in [0.717, 1.165) is 72.4 Å². The molecule has 1 N–H and O–H groups in total. The van der Waals surface area contributed by atoms with Gasteiger partial charge in [-0.15, -0.1) is 0 Å². The SMILES string of the molecule is C1=C(c2ccccc2)N=C(c2ccc(-c3cccc(-c4ccccc4)c3)c3oc4c(-c5ccc(-c6ccccc6)cc5)cccc4c23)NC1c1ccccc1. The van der Waals surface area contributed by atoms with Crippen LogP contribution in [0.1, 0.15) is 22.7 Å². The van der Waals surface area contributed by atoms with Crippen molar-refractivity contribution in [1.29, 1.82) is 0 Å². The van der Waals surface area contributed by atoms with E-state index in [0.29, 0.717) is 0 Å². The standard InChI is InChI=1S/C52H36N2O/c1-5-15-35(16-6-1)37-27-29-38(30-28-37)43-25-14-26-45-49-46(52-53-47(39-19-9-3-10-20-39)34-48(54-52)40-21-11-4-12-22-40)32-31-44(51(49)55-50(43)45)42-24-13-23-41(33-42)36-17-7-2-8-18-36/h1-34,47H,(H,53,54). The lowest BCUT2D eigenvalue weighted by molar-refractivity contribution is 0.671. The fourth-order valence-electron chi connectivity index (χ4n) is 7.81. The van der Waals surface area contributed by atoms with Crippen LogP contribution in [0.25, 0.3) is 72.1 Å². The molecule has 260 valence electrons. The van der Waals surface area contributed by atoms with Crippen LogP contribution in [0.15, 0.2) is 216 Å². The maximum absolute atomic E-state index is 7.14. The van der Waals surface area contributed by atoms with E-state index >= 15 is 0 Å². The van der Waals surface area contributed by atoms with Crippen molar-refractivity contribution in [3.05, 3.63) is 223 Å². The largest absolute Gasteiger partial charge is 0.455 e. The lowest BCUT2D eigenvalue weighted by atomic mass is 9.93. The predicted molar refractivity (Wildman–Crippen MR) is 229 cm³/mol. The number of para-hydroxylation sites is 1. The molecule has 8 aromatic carbocycles. The summed E-state index contributed by atoms with van der Waals surface area (Å²) in [5.74, 6) is 0.810. The summed E-state index contributed by atoms with van der Waals surface area (Å²) in [5.41, 5.74) is 14.9. The first-order valence-corrected chi connectivity index (χ1v) is 18.7. The number of aliphatic imine (C=N–C) groups is 1. The van der Waals surface area contributed by atoms with Crippen LogP contribution in [0.5, 0.6) is 0 Å². The van der Waals surface area contributed by atoms with E-state index in [1.807, 2.05) is 6.07 Å². The summed E-state index contributed by atoms with van der Waals surface area (Å²) in [6, 6.07) is 70.4. The Balaban J connectivity index is 1.18. The molecular formula is C52H36N2O. The van der Waals surface area contributed by atoms with Crippen molar-refractivity contribution in [2.75, 3.05) is 0 Å². The third-order valence-electron chi connectivity index (χ3n) is 10.6. The van der Waals surface area contributed by atoms with Gasteiger partial charge in [0.1, 0.15) is 17.0 Å². The first kappa shape index (κ1) is 32.4. The van der Waals surface area contributed by atoms with Crippen LogP contribution >= 0.6 is 0 Å². The van der Waals surface area contributed by atoms with Gasteiger partial charge in [0.15, 0.2) is 0 Å². The van der Waals surface area contributed by atoms with E-state index < -0.39 is 0 Å². The second-order valence-corrected chi connectivity index (χ2v) is 14.0. The summed E-state index contributed by atoms with van der Waals surface area (Å²) in [7, 11) is 0. The van der Waals surface area contributed by atoms with Crippen LogP contribution in [0.3, 0.4) is 0 Å². The van der Waals surface area contributed by atoms with E-state index in [1.54, 1.807) is 0 Å². The fourth-order valence-corrected chi connectivity index (χ4v) is 7.81. The number of fused-ring (bicyclic) bond motifs is 3. The Morgan fingerprint density at radius 3 is 1.64 bits per heavy atom. The number of hydrogen-bond donors (Lipinski definition) is 1. The number of nitrogens with one attached hydrogen (secondary N) is 1. The van der Waals surface area contributed by atoms with Gasteiger partial charge in [0.2, 0.25) is 0 Å². The highest BCUT2D eigenvalue weighted by Gasteiger charge is 2.25. The number of nitrogens with zero attached hydrogens (tertiary/aromatic N) is 1. The van der Waals surface area contributed by atoms with Crippen molar-refractivity contribution in [2.24, 2.45) is 4.99 Å². The van der Waals surface area contributed by atoms with Crippen LogP contribution in [0.2, 0.25) is 0 Å². The topological polar surface area (TPSA) is 37.5 Å². The molecule has 0 saturated heterocycles. The van der Waals surface area contributed by atoms with Crippen molar-refractivity contribution in [2.45, 2.75) is 6.04 Å². The molecule has 0 amide bonds. The molecule has 0 bridgehead atoms. The molecule has 3 nitrogen and oxygen atoms in total. The predicted octanol–water partition coefficient (Wildman–Crippen LogP) is 13.4. The van der Waals surface area contributed by atoms with Gasteiger partial charge < -0.3 is 9.73 Å². The molecule has 0 saturated carbocycles. The average molecular weight is 705 g/mol. The van der Waals surface area contributed by atoms with E-state index in [2.05, 4.69) is 206 Å². The number of rotatable bonds is 7. The zero-order valence-corrected chi connectivity index (χ0v) is 30.1. The van der Waals surface area contributed by atoms with Gasteiger partial charge in [0, 0.05) is 27.5 Å². The van der Waals surface area contributed by atoms with E-state index in [-0.39, 0.29) is 6.04 Å². The zero-order valence-electron chi connectivity index (χ0n) is 30.1. The van der Waals surface area contributed by atoms with Crippen molar-refractivity contribution in [1.82, 2.24) is 5.32 Å². The van der Waals surface area contributed by atoms with E-state index in [4.69, 9.17) is 9.41 Å². The molecule has 9 aromatic rings. The number of hydrogen-bond acceptors (Lipinski definition) is 3. The fraction of sp³-hybridized carbons (Fsp3) is 0.0192. The monoisotopic (exact) mass is 704 g/mol. The maximum atomic E-state index is 7.14. The summed E-state index contributed by atoms with van der Waals surface area (Å²) in [6.45, 7) is 0. The Morgan fingerprint density at radius 1 is 0.400 bits per heavy atom. The molecule has 1 aromatic heterocycles. The van der Waals surface area contributed by atoms with Gasteiger partial charge in [-0.1, -0.05) is 182 Å². The molecule has 3 heteroatoms. The maximum Gasteiger partial charge on any atom is 0.144 e. The van der Waals surface area contributed by atoms with Crippen LogP contribution in [0.4, 0.5) is 0 Å². The number of benzene rings is 8. The summed E-state index contributed by atoms with van der Waals surface area (Å²) in [6.07, 6.45) is 2.22. The van der Waals surface area contributed by atoms with Crippen LogP contribution in [0, 0.1) is 0 Å². The Hall–Kier alpha value is -7.23. The molecule has 2 heterocycles.